The summed E-state index contributed by atoms with van der Waals surface area (Å²) in [6.07, 6.45) is 2.70. The van der Waals surface area contributed by atoms with Crippen LogP contribution in [0.2, 0.25) is 0 Å². The Hall–Kier alpha value is -1.06. The zero-order valence-corrected chi connectivity index (χ0v) is 10.4. The van der Waals surface area contributed by atoms with Crippen LogP contribution in [-0.4, -0.2) is 23.1 Å². The SMILES string of the molecule is CCCCC(OC(=O)C(C)CCC)C(=O)O. The Bertz CT molecular complexity index is 225. The molecule has 0 aromatic rings. The van der Waals surface area contributed by atoms with E-state index in [0.717, 1.165) is 25.7 Å². The largest absolute Gasteiger partial charge is 0.479 e. The molecule has 4 nitrogen and oxygen atoms in total. The summed E-state index contributed by atoms with van der Waals surface area (Å²) in [5, 5.41) is 8.88. The van der Waals surface area contributed by atoms with Crippen LogP contribution in [0.3, 0.4) is 0 Å². The lowest BCUT2D eigenvalue weighted by Gasteiger charge is -2.16. The molecular formula is C12H22O4. The molecule has 0 aliphatic heterocycles. The van der Waals surface area contributed by atoms with Gasteiger partial charge in [0.05, 0.1) is 5.92 Å². The van der Waals surface area contributed by atoms with Gasteiger partial charge in [-0.1, -0.05) is 33.6 Å². The van der Waals surface area contributed by atoms with Crippen LogP contribution in [0.5, 0.6) is 0 Å². The number of ether oxygens (including phenoxy) is 1. The Morgan fingerprint density at radius 3 is 2.25 bits per heavy atom. The zero-order valence-electron chi connectivity index (χ0n) is 10.4. The number of aliphatic carboxylic acids is 1. The van der Waals surface area contributed by atoms with Crippen LogP contribution in [0, 0.1) is 5.92 Å². The molecule has 0 aliphatic rings. The van der Waals surface area contributed by atoms with E-state index in [4.69, 9.17) is 9.84 Å². The predicted molar refractivity (Wildman–Crippen MR) is 61.1 cm³/mol. The fraction of sp³-hybridized carbons (Fsp3) is 0.833. The number of rotatable bonds is 8. The second-order valence-electron chi connectivity index (χ2n) is 4.10. The van der Waals surface area contributed by atoms with Gasteiger partial charge in [0.15, 0.2) is 6.10 Å². The molecule has 0 aromatic carbocycles. The molecule has 0 saturated heterocycles. The number of carboxylic acid groups (broad SMARTS) is 1. The van der Waals surface area contributed by atoms with Crippen LogP contribution < -0.4 is 0 Å². The normalized spacial score (nSPS) is 14.2. The molecule has 16 heavy (non-hydrogen) atoms. The van der Waals surface area contributed by atoms with Crippen molar-refractivity contribution in [1.29, 1.82) is 0 Å². The van der Waals surface area contributed by atoms with Crippen molar-refractivity contribution in [3.05, 3.63) is 0 Å². The average molecular weight is 230 g/mol. The molecule has 0 heterocycles. The highest BCUT2D eigenvalue weighted by molar-refractivity contribution is 5.78. The molecule has 0 spiro atoms. The van der Waals surface area contributed by atoms with E-state index in [9.17, 15) is 9.59 Å². The van der Waals surface area contributed by atoms with E-state index < -0.39 is 18.0 Å². The number of carboxylic acids is 1. The highest BCUT2D eigenvalue weighted by Crippen LogP contribution is 2.12. The van der Waals surface area contributed by atoms with Gasteiger partial charge in [-0.2, -0.15) is 0 Å². The third-order valence-electron chi connectivity index (χ3n) is 2.48. The van der Waals surface area contributed by atoms with Gasteiger partial charge in [-0.3, -0.25) is 4.79 Å². The number of unbranched alkanes of at least 4 members (excludes halogenated alkanes) is 1. The van der Waals surface area contributed by atoms with Crippen LogP contribution in [0.4, 0.5) is 0 Å². The van der Waals surface area contributed by atoms with Crippen LogP contribution in [0.15, 0.2) is 0 Å². The summed E-state index contributed by atoms with van der Waals surface area (Å²) in [6.45, 7) is 5.72. The topological polar surface area (TPSA) is 63.6 Å². The van der Waals surface area contributed by atoms with Gasteiger partial charge in [-0.25, -0.2) is 4.79 Å². The summed E-state index contributed by atoms with van der Waals surface area (Å²) in [4.78, 5) is 22.4. The molecule has 2 atom stereocenters. The number of carbonyl (C=O) groups is 2. The summed E-state index contributed by atoms with van der Waals surface area (Å²) in [7, 11) is 0. The lowest BCUT2D eigenvalue weighted by molar-refractivity contribution is -0.167. The van der Waals surface area contributed by atoms with Crippen molar-refractivity contribution in [3.8, 4) is 0 Å². The molecule has 0 saturated carbocycles. The Labute approximate surface area is 97.0 Å². The summed E-state index contributed by atoms with van der Waals surface area (Å²) in [5.41, 5.74) is 0. The summed E-state index contributed by atoms with van der Waals surface area (Å²) in [6, 6.07) is 0. The number of hydrogen-bond donors (Lipinski definition) is 1. The van der Waals surface area contributed by atoms with Gasteiger partial charge in [-0.15, -0.1) is 0 Å². The molecular weight excluding hydrogens is 208 g/mol. The Balaban J connectivity index is 4.17. The molecule has 0 radical (unpaired) electrons. The number of hydrogen-bond acceptors (Lipinski definition) is 3. The van der Waals surface area contributed by atoms with Crippen molar-refractivity contribution >= 4 is 11.9 Å². The van der Waals surface area contributed by atoms with Gasteiger partial charge >= 0.3 is 11.9 Å². The van der Waals surface area contributed by atoms with E-state index in [-0.39, 0.29) is 5.92 Å². The third-order valence-corrected chi connectivity index (χ3v) is 2.48. The fourth-order valence-electron chi connectivity index (χ4n) is 1.43. The van der Waals surface area contributed by atoms with Gasteiger partial charge < -0.3 is 9.84 Å². The van der Waals surface area contributed by atoms with E-state index in [1.165, 1.54) is 0 Å². The maximum absolute atomic E-state index is 11.5. The quantitative estimate of drug-likeness (QED) is 0.651. The summed E-state index contributed by atoms with van der Waals surface area (Å²) < 4.78 is 4.99. The highest BCUT2D eigenvalue weighted by Gasteiger charge is 2.24. The standard InChI is InChI=1S/C12H22O4/c1-4-6-8-10(11(13)14)16-12(15)9(3)7-5-2/h9-10H,4-8H2,1-3H3,(H,13,14). The van der Waals surface area contributed by atoms with Crippen molar-refractivity contribution in [2.24, 2.45) is 5.92 Å². The second-order valence-corrected chi connectivity index (χ2v) is 4.10. The molecule has 94 valence electrons. The van der Waals surface area contributed by atoms with Crippen LogP contribution in [0.1, 0.15) is 52.9 Å². The van der Waals surface area contributed by atoms with Crippen LogP contribution >= 0.6 is 0 Å². The van der Waals surface area contributed by atoms with Crippen molar-refractivity contribution < 1.29 is 19.4 Å². The minimum absolute atomic E-state index is 0.214. The van der Waals surface area contributed by atoms with Crippen LogP contribution in [0.25, 0.3) is 0 Å². The van der Waals surface area contributed by atoms with E-state index in [1.807, 2.05) is 13.8 Å². The van der Waals surface area contributed by atoms with Gasteiger partial charge in [-0.05, 0) is 19.3 Å². The second kappa shape index (κ2) is 8.13. The number of carbonyl (C=O) groups excluding carboxylic acids is 1. The third kappa shape index (κ3) is 5.73. The fourth-order valence-corrected chi connectivity index (χ4v) is 1.43. The first-order valence-electron chi connectivity index (χ1n) is 5.96. The first-order valence-corrected chi connectivity index (χ1v) is 5.96. The smallest absolute Gasteiger partial charge is 0.345 e. The van der Waals surface area contributed by atoms with Crippen molar-refractivity contribution in [1.82, 2.24) is 0 Å². The lowest BCUT2D eigenvalue weighted by Crippen LogP contribution is -2.29. The maximum Gasteiger partial charge on any atom is 0.345 e. The minimum atomic E-state index is -1.05. The average Bonchev–Trinajstić information content (AvgIpc) is 2.23. The zero-order chi connectivity index (χ0) is 12.6. The van der Waals surface area contributed by atoms with Crippen molar-refractivity contribution in [3.63, 3.8) is 0 Å². The van der Waals surface area contributed by atoms with E-state index in [1.54, 1.807) is 6.92 Å². The monoisotopic (exact) mass is 230 g/mol. The maximum atomic E-state index is 11.5. The molecule has 0 bridgehead atoms. The van der Waals surface area contributed by atoms with Gasteiger partial charge in [0.1, 0.15) is 0 Å². The molecule has 0 rings (SSSR count). The van der Waals surface area contributed by atoms with Gasteiger partial charge in [0, 0.05) is 0 Å². The molecule has 2 unspecified atom stereocenters. The highest BCUT2D eigenvalue weighted by atomic mass is 16.6. The molecule has 4 heteroatoms. The van der Waals surface area contributed by atoms with Crippen molar-refractivity contribution in [2.75, 3.05) is 0 Å². The van der Waals surface area contributed by atoms with E-state index >= 15 is 0 Å². The van der Waals surface area contributed by atoms with E-state index in [0.29, 0.717) is 6.42 Å². The first kappa shape index (κ1) is 14.9. The Kier molecular flexibility index (Phi) is 7.60. The van der Waals surface area contributed by atoms with E-state index in [2.05, 4.69) is 0 Å². The molecule has 0 aliphatic carbocycles. The summed E-state index contributed by atoms with van der Waals surface area (Å²) >= 11 is 0. The Morgan fingerprint density at radius 2 is 1.81 bits per heavy atom. The van der Waals surface area contributed by atoms with Gasteiger partial charge in [0.25, 0.3) is 0 Å². The molecule has 0 aromatic heterocycles. The predicted octanol–water partition coefficient (Wildman–Crippen LogP) is 2.61. The minimum Gasteiger partial charge on any atom is -0.479 e. The lowest BCUT2D eigenvalue weighted by atomic mass is 10.1. The molecule has 0 fully saturated rings. The van der Waals surface area contributed by atoms with Crippen LogP contribution in [-0.2, 0) is 14.3 Å². The Morgan fingerprint density at radius 1 is 1.19 bits per heavy atom. The first-order chi connectivity index (χ1) is 7.52. The summed E-state index contributed by atoms with van der Waals surface area (Å²) in [5.74, 6) is -1.66. The molecule has 0 amide bonds. The number of esters is 1. The van der Waals surface area contributed by atoms with Gasteiger partial charge in [0.2, 0.25) is 0 Å². The molecule has 1 N–H and O–H groups in total. The van der Waals surface area contributed by atoms with Crippen molar-refractivity contribution in [2.45, 2.75) is 59.0 Å².